The van der Waals surface area contributed by atoms with E-state index >= 15 is 0 Å². The SMILES string of the molecule is CCc1c(Br)c(Br)c2c(c1CC)Oc1ccccc1O2. The number of para-hydroxylation sites is 2. The van der Waals surface area contributed by atoms with Crippen LogP contribution in [0.25, 0.3) is 0 Å². The van der Waals surface area contributed by atoms with Crippen LogP contribution in [0.15, 0.2) is 33.2 Å². The van der Waals surface area contributed by atoms with E-state index in [1.54, 1.807) is 0 Å². The fraction of sp³-hybridized carbons (Fsp3) is 0.250. The van der Waals surface area contributed by atoms with Gasteiger partial charge in [-0.3, -0.25) is 0 Å². The summed E-state index contributed by atoms with van der Waals surface area (Å²) in [5, 5.41) is 0. The summed E-state index contributed by atoms with van der Waals surface area (Å²) < 4.78 is 14.1. The van der Waals surface area contributed by atoms with Crippen molar-refractivity contribution in [2.75, 3.05) is 0 Å². The third-order valence-electron chi connectivity index (χ3n) is 3.48. The van der Waals surface area contributed by atoms with Crippen molar-refractivity contribution in [1.82, 2.24) is 0 Å². The Kier molecular flexibility index (Phi) is 3.78. The molecule has 1 aliphatic rings. The summed E-state index contributed by atoms with van der Waals surface area (Å²) in [6.07, 6.45) is 1.85. The van der Waals surface area contributed by atoms with Crippen LogP contribution in [0.1, 0.15) is 25.0 Å². The van der Waals surface area contributed by atoms with E-state index < -0.39 is 0 Å². The molecule has 2 nitrogen and oxygen atoms in total. The smallest absolute Gasteiger partial charge is 0.185 e. The highest BCUT2D eigenvalue weighted by molar-refractivity contribution is 9.13. The Morgan fingerprint density at radius 3 is 1.90 bits per heavy atom. The largest absolute Gasteiger partial charge is 0.449 e. The third-order valence-corrected chi connectivity index (χ3v) is 5.65. The Morgan fingerprint density at radius 2 is 1.35 bits per heavy atom. The van der Waals surface area contributed by atoms with Gasteiger partial charge in [-0.15, -0.1) is 0 Å². The van der Waals surface area contributed by atoms with Crippen LogP contribution in [0.3, 0.4) is 0 Å². The second kappa shape index (κ2) is 5.41. The fourth-order valence-corrected chi connectivity index (χ4v) is 3.72. The van der Waals surface area contributed by atoms with Gasteiger partial charge in [0.1, 0.15) is 0 Å². The van der Waals surface area contributed by atoms with E-state index in [0.717, 1.165) is 44.8 Å². The minimum Gasteiger partial charge on any atom is -0.449 e. The molecule has 0 saturated heterocycles. The van der Waals surface area contributed by atoms with Gasteiger partial charge in [0, 0.05) is 10.0 Å². The minimum atomic E-state index is 0.749. The minimum absolute atomic E-state index is 0.749. The molecule has 1 heterocycles. The van der Waals surface area contributed by atoms with Gasteiger partial charge >= 0.3 is 0 Å². The van der Waals surface area contributed by atoms with Gasteiger partial charge in [-0.2, -0.15) is 0 Å². The maximum absolute atomic E-state index is 6.10. The average Bonchev–Trinajstić information content (AvgIpc) is 2.49. The Bertz CT molecular complexity index is 681. The fourth-order valence-electron chi connectivity index (χ4n) is 2.52. The van der Waals surface area contributed by atoms with Crippen LogP contribution in [-0.2, 0) is 12.8 Å². The predicted molar refractivity (Wildman–Crippen MR) is 87.2 cm³/mol. The molecule has 0 bridgehead atoms. The molecular weight excluding hydrogens is 384 g/mol. The summed E-state index contributed by atoms with van der Waals surface area (Å²) >= 11 is 7.29. The standard InChI is InChI=1S/C16H14Br2O2/c1-3-9-10(4-2)15-16(14(18)13(9)17)20-12-8-6-5-7-11(12)19-15/h5-8H,3-4H2,1-2H3. The second-order valence-corrected chi connectivity index (χ2v) is 6.19. The average molecular weight is 398 g/mol. The normalized spacial score (nSPS) is 12.2. The zero-order valence-corrected chi connectivity index (χ0v) is 14.5. The van der Waals surface area contributed by atoms with Crippen LogP contribution < -0.4 is 9.47 Å². The molecule has 3 rings (SSSR count). The Morgan fingerprint density at radius 1 is 0.800 bits per heavy atom. The van der Waals surface area contributed by atoms with Gasteiger partial charge < -0.3 is 9.47 Å². The Balaban J connectivity index is 2.25. The molecule has 0 fully saturated rings. The molecule has 0 N–H and O–H groups in total. The molecule has 104 valence electrons. The molecule has 2 aromatic rings. The molecule has 1 aliphatic heterocycles. The first-order valence-corrected chi connectivity index (χ1v) is 8.23. The van der Waals surface area contributed by atoms with Crippen molar-refractivity contribution in [3.8, 4) is 23.0 Å². The highest BCUT2D eigenvalue weighted by Crippen LogP contribution is 2.53. The quantitative estimate of drug-likeness (QED) is 0.509. The molecule has 20 heavy (non-hydrogen) atoms. The number of fused-ring (bicyclic) bond motifs is 2. The number of ether oxygens (including phenoxy) is 2. The summed E-state index contributed by atoms with van der Waals surface area (Å²) in [4.78, 5) is 0. The van der Waals surface area contributed by atoms with Crippen molar-refractivity contribution in [1.29, 1.82) is 0 Å². The first kappa shape index (κ1) is 14.0. The molecular formula is C16H14Br2O2. The number of benzene rings is 2. The molecule has 0 saturated carbocycles. The maximum Gasteiger partial charge on any atom is 0.185 e. The molecule has 0 aromatic heterocycles. The van der Waals surface area contributed by atoms with Crippen molar-refractivity contribution in [3.63, 3.8) is 0 Å². The van der Waals surface area contributed by atoms with Gasteiger partial charge in [0.15, 0.2) is 23.0 Å². The van der Waals surface area contributed by atoms with E-state index in [0.29, 0.717) is 0 Å². The lowest BCUT2D eigenvalue weighted by molar-refractivity contribution is 0.354. The molecule has 0 unspecified atom stereocenters. The number of halogens is 2. The topological polar surface area (TPSA) is 18.5 Å². The zero-order chi connectivity index (χ0) is 14.3. The van der Waals surface area contributed by atoms with Crippen LogP contribution in [-0.4, -0.2) is 0 Å². The van der Waals surface area contributed by atoms with E-state index in [1.165, 1.54) is 11.1 Å². The molecule has 0 amide bonds. The molecule has 2 aromatic carbocycles. The highest BCUT2D eigenvalue weighted by atomic mass is 79.9. The Labute approximate surface area is 135 Å². The summed E-state index contributed by atoms with van der Waals surface area (Å²) in [5.41, 5.74) is 2.47. The van der Waals surface area contributed by atoms with E-state index in [9.17, 15) is 0 Å². The second-order valence-electron chi connectivity index (χ2n) is 4.60. The van der Waals surface area contributed by atoms with Gasteiger partial charge in [-0.1, -0.05) is 26.0 Å². The third kappa shape index (κ3) is 2.06. The summed E-state index contributed by atoms with van der Waals surface area (Å²) in [6, 6.07) is 7.74. The summed E-state index contributed by atoms with van der Waals surface area (Å²) in [5.74, 6) is 3.10. The first-order valence-electron chi connectivity index (χ1n) is 6.64. The van der Waals surface area contributed by atoms with Gasteiger partial charge in [-0.25, -0.2) is 0 Å². The molecule has 0 spiro atoms. The van der Waals surface area contributed by atoms with Gasteiger partial charge in [0.2, 0.25) is 0 Å². The van der Waals surface area contributed by atoms with E-state index in [1.807, 2.05) is 24.3 Å². The van der Waals surface area contributed by atoms with Gasteiger partial charge in [0.25, 0.3) is 0 Å². The lowest BCUT2D eigenvalue weighted by atomic mass is 10.0. The monoisotopic (exact) mass is 396 g/mol. The van der Waals surface area contributed by atoms with Crippen molar-refractivity contribution >= 4 is 31.9 Å². The van der Waals surface area contributed by atoms with Crippen LogP contribution in [0.5, 0.6) is 23.0 Å². The van der Waals surface area contributed by atoms with Crippen molar-refractivity contribution in [2.24, 2.45) is 0 Å². The van der Waals surface area contributed by atoms with Crippen molar-refractivity contribution < 1.29 is 9.47 Å². The lowest BCUT2D eigenvalue weighted by Gasteiger charge is -2.26. The van der Waals surface area contributed by atoms with Crippen LogP contribution in [0.4, 0.5) is 0 Å². The van der Waals surface area contributed by atoms with Gasteiger partial charge in [0.05, 0.1) is 4.47 Å². The van der Waals surface area contributed by atoms with Crippen LogP contribution in [0.2, 0.25) is 0 Å². The van der Waals surface area contributed by atoms with Crippen LogP contribution in [0, 0.1) is 0 Å². The highest BCUT2D eigenvalue weighted by Gasteiger charge is 2.27. The van der Waals surface area contributed by atoms with Crippen LogP contribution >= 0.6 is 31.9 Å². The zero-order valence-electron chi connectivity index (χ0n) is 11.3. The van der Waals surface area contributed by atoms with Gasteiger partial charge in [-0.05, 0) is 62.4 Å². The molecule has 0 atom stereocenters. The number of hydrogen-bond donors (Lipinski definition) is 0. The lowest BCUT2D eigenvalue weighted by Crippen LogP contribution is -2.06. The number of rotatable bonds is 2. The van der Waals surface area contributed by atoms with Crippen molar-refractivity contribution in [3.05, 3.63) is 44.3 Å². The van der Waals surface area contributed by atoms with Crippen molar-refractivity contribution in [2.45, 2.75) is 26.7 Å². The van der Waals surface area contributed by atoms with E-state index in [-0.39, 0.29) is 0 Å². The number of hydrogen-bond acceptors (Lipinski definition) is 2. The molecule has 0 aliphatic carbocycles. The molecule has 0 radical (unpaired) electrons. The Hall–Kier alpha value is -1.00. The molecule has 4 heteroatoms. The predicted octanol–water partition coefficient (Wildman–Crippen LogP) is 6.23. The first-order chi connectivity index (χ1) is 9.67. The summed E-state index contributed by atoms with van der Waals surface area (Å²) in [6.45, 7) is 4.29. The van der Waals surface area contributed by atoms with E-state index in [2.05, 4.69) is 45.7 Å². The maximum atomic E-state index is 6.10. The van der Waals surface area contributed by atoms with E-state index in [4.69, 9.17) is 9.47 Å². The summed E-state index contributed by atoms with van der Waals surface area (Å²) in [7, 11) is 0.